The van der Waals surface area contributed by atoms with Gasteiger partial charge in [-0.15, -0.1) is 0 Å². The van der Waals surface area contributed by atoms with Gasteiger partial charge in [-0.1, -0.05) is 69.4 Å². The SMILES string of the molecule is CC1CCCCCCC1Cc1ccccc1. The quantitative estimate of drug-likeness (QED) is 0.664. The molecule has 1 aromatic carbocycles. The lowest BCUT2D eigenvalue weighted by molar-refractivity contribution is 0.279. The van der Waals surface area contributed by atoms with E-state index in [1.807, 2.05) is 0 Å². The average Bonchev–Trinajstić information content (AvgIpc) is 2.30. The van der Waals surface area contributed by atoms with Crippen molar-refractivity contribution in [1.82, 2.24) is 0 Å². The summed E-state index contributed by atoms with van der Waals surface area (Å²) in [6.45, 7) is 2.46. The molecule has 1 aromatic rings. The van der Waals surface area contributed by atoms with E-state index in [0.29, 0.717) is 0 Å². The highest BCUT2D eigenvalue weighted by Gasteiger charge is 2.18. The molecule has 0 amide bonds. The third kappa shape index (κ3) is 3.37. The molecule has 2 atom stereocenters. The van der Waals surface area contributed by atoms with Crippen molar-refractivity contribution in [2.45, 2.75) is 51.9 Å². The summed E-state index contributed by atoms with van der Waals surface area (Å²) >= 11 is 0. The van der Waals surface area contributed by atoms with Crippen LogP contribution < -0.4 is 0 Å². The Morgan fingerprint density at radius 2 is 1.62 bits per heavy atom. The predicted octanol–water partition coefficient (Wildman–Crippen LogP) is 4.84. The van der Waals surface area contributed by atoms with E-state index >= 15 is 0 Å². The van der Waals surface area contributed by atoms with Crippen LogP contribution in [0.3, 0.4) is 0 Å². The molecule has 1 aliphatic rings. The molecule has 1 fully saturated rings. The normalized spacial score (nSPS) is 27.1. The van der Waals surface area contributed by atoms with E-state index in [1.165, 1.54) is 50.5 Å². The first-order chi connectivity index (χ1) is 7.86. The Morgan fingerprint density at radius 1 is 0.938 bits per heavy atom. The average molecular weight is 216 g/mol. The third-order valence-corrected chi connectivity index (χ3v) is 4.13. The maximum Gasteiger partial charge on any atom is -0.0248 e. The number of hydrogen-bond acceptors (Lipinski definition) is 0. The first-order valence-corrected chi connectivity index (χ1v) is 6.90. The van der Waals surface area contributed by atoms with Crippen LogP contribution in [0.15, 0.2) is 30.3 Å². The van der Waals surface area contributed by atoms with Crippen LogP contribution >= 0.6 is 0 Å². The van der Waals surface area contributed by atoms with Gasteiger partial charge in [0.1, 0.15) is 0 Å². The van der Waals surface area contributed by atoms with Crippen LogP contribution in [0.1, 0.15) is 51.0 Å². The molecular weight excluding hydrogens is 192 g/mol. The first kappa shape index (κ1) is 11.7. The van der Waals surface area contributed by atoms with Crippen molar-refractivity contribution in [2.75, 3.05) is 0 Å². The highest BCUT2D eigenvalue weighted by atomic mass is 14.2. The largest absolute Gasteiger partial charge is 0.0622 e. The molecule has 0 N–H and O–H groups in total. The predicted molar refractivity (Wildman–Crippen MR) is 70.5 cm³/mol. The molecule has 0 spiro atoms. The maximum atomic E-state index is 2.46. The van der Waals surface area contributed by atoms with Crippen LogP contribution in [0.4, 0.5) is 0 Å². The van der Waals surface area contributed by atoms with Gasteiger partial charge in [-0.2, -0.15) is 0 Å². The molecule has 1 saturated carbocycles. The Kier molecular flexibility index (Phi) is 4.44. The van der Waals surface area contributed by atoms with E-state index in [0.717, 1.165) is 11.8 Å². The molecule has 16 heavy (non-hydrogen) atoms. The van der Waals surface area contributed by atoms with Gasteiger partial charge < -0.3 is 0 Å². The summed E-state index contributed by atoms with van der Waals surface area (Å²) in [5.74, 6) is 1.84. The third-order valence-electron chi connectivity index (χ3n) is 4.13. The van der Waals surface area contributed by atoms with E-state index in [4.69, 9.17) is 0 Å². The summed E-state index contributed by atoms with van der Waals surface area (Å²) in [7, 11) is 0. The molecule has 0 aromatic heterocycles. The van der Waals surface area contributed by atoms with Gasteiger partial charge in [0.15, 0.2) is 0 Å². The van der Waals surface area contributed by atoms with Gasteiger partial charge in [-0.25, -0.2) is 0 Å². The summed E-state index contributed by atoms with van der Waals surface area (Å²) in [4.78, 5) is 0. The van der Waals surface area contributed by atoms with Crippen LogP contribution in [-0.2, 0) is 6.42 Å². The second-order valence-corrected chi connectivity index (χ2v) is 5.42. The summed E-state index contributed by atoms with van der Waals surface area (Å²) < 4.78 is 0. The fourth-order valence-electron chi connectivity index (χ4n) is 2.97. The van der Waals surface area contributed by atoms with Gasteiger partial charge >= 0.3 is 0 Å². The van der Waals surface area contributed by atoms with Crippen molar-refractivity contribution in [3.05, 3.63) is 35.9 Å². The fourth-order valence-corrected chi connectivity index (χ4v) is 2.97. The molecule has 0 radical (unpaired) electrons. The van der Waals surface area contributed by atoms with Gasteiger partial charge in [-0.05, 0) is 30.2 Å². The second kappa shape index (κ2) is 6.08. The molecule has 88 valence electrons. The molecule has 0 saturated heterocycles. The summed E-state index contributed by atoms with van der Waals surface area (Å²) in [6.07, 6.45) is 9.99. The zero-order valence-corrected chi connectivity index (χ0v) is 10.5. The fraction of sp³-hybridized carbons (Fsp3) is 0.625. The molecule has 2 rings (SSSR count). The highest BCUT2D eigenvalue weighted by Crippen LogP contribution is 2.30. The number of hydrogen-bond donors (Lipinski definition) is 0. The van der Waals surface area contributed by atoms with Crippen molar-refractivity contribution in [3.63, 3.8) is 0 Å². The topological polar surface area (TPSA) is 0 Å². The van der Waals surface area contributed by atoms with Crippen molar-refractivity contribution < 1.29 is 0 Å². The number of benzene rings is 1. The zero-order chi connectivity index (χ0) is 11.2. The Morgan fingerprint density at radius 3 is 2.38 bits per heavy atom. The van der Waals surface area contributed by atoms with Crippen molar-refractivity contribution in [1.29, 1.82) is 0 Å². The van der Waals surface area contributed by atoms with E-state index in [9.17, 15) is 0 Å². The minimum atomic E-state index is 0.917. The van der Waals surface area contributed by atoms with Crippen LogP contribution in [0.25, 0.3) is 0 Å². The summed E-state index contributed by atoms with van der Waals surface area (Å²) in [5, 5.41) is 0. The van der Waals surface area contributed by atoms with Crippen LogP contribution in [0, 0.1) is 11.8 Å². The molecule has 2 unspecified atom stereocenters. The summed E-state index contributed by atoms with van der Waals surface area (Å²) in [6, 6.07) is 11.0. The standard InChI is InChI=1S/C16H24/c1-14-9-5-2-3-8-12-16(14)13-15-10-6-4-7-11-15/h4,6-7,10-11,14,16H,2-3,5,8-9,12-13H2,1H3. The maximum absolute atomic E-state index is 2.46. The molecule has 0 nitrogen and oxygen atoms in total. The first-order valence-electron chi connectivity index (χ1n) is 6.90. The Balaban J connectivity index is 1.95. The van der Waals surface area contributed by atoms with Crippen molar-refractivity contribution >= 4 is 0 Å². The Labute approximate surface area is 100 Å². The monoisotopic (exact) mass is 216 g/mol. The van der Waals surface area contributed by atoms with Gasteiger partial charge in [0.25, 0.3) is 0 Å². The van der Waals surface area contributed by atoms with Crippen molar-refractivity contribution in [3.8, 4) is 0 Å². The Hall–Kier alpha value is -0.780. The van der Waals surface area contributed by atoms with E-state index in [2.05, 4.69) is 37.3 Å². The molecule has 0 aliphatic heterocycles. The van der Waals surface area contributed by atoms with Gasteiger partial charge in [0.2, 0.25) is 0 Å². The lowest BCUT2D eigenvalue weighted by Crippen LogP contribution is -2.16. The van der Waals surface area contributed by atoms with Crippen molar-refractivity contribution in [2.24, 2.45) is 11.8 Å². The van der Waals surface area contributed by atoms with Crippen LogP contribution in [0.5, 0.6) is 0 Å². The van der Waals surface area contributed by atoms with E-state index < -0.39 is 0 Å². The Bertz CT molecular complexity index is 288. The van der Waals surface area contributed by atoms with Crippen LogP contribution in [-0.4, -0.2) is 0 Å². The van der Waals surface area contributed by atoms with E-state index in [-0.39, 0.29) is 0 Å². The number of rotatable bonds is 2. The minimum absolute atomic E-state index is 0.917. The molecular formula is C16H24. The smallest absolute Gasteiger partial charge is 0.0248 e. The minimum Gasteiger partial charge on any atom is -0.0622 e. The van der Waals surface area contributed by atoms with E-state index in [1.54, 1.807) is 0 Å². The van der Waals surface area contributed by atoms with Gasteiger partial charge in [0, 0.05) is 0 Å². The van der Waals surface area contributed by atoms with Gasteiger partial charge in [0.05, 0.1) is 0 Å². The molecule has 0 heterocycles. The second-order valence-electron chi connectivity index (χ2n) is 5.42. The molecule has 1 aliphatic carbocycles. The summed E-state index contributed by atoms with van der Waals surface area (Å²) in [5.41, 5.74) is 1.53. The molecule has 0 bridgehead atoms. The van der Waals surface area contributed by atoms with Crippen LogP contribution in [0.2, 0.25) is 0 Å². The molecule has 0 heteroatoms. The zero-order valence-electron chi connectivity index (χ0n) is 10.5. The highest BCUT2D eigenvalue weighted by molar-refractivity contribution is 5.15. The lowest BCUT2D eigenvalue weighted by Gasteiger charge is -2.26. The lowest BCUT2D eigenvalue weighted by atomic mass is 9.79. The van der Waals surface area contributed by atoms with Gasteiger partial charge in [-0.3, -0.25) is 0 Å².